The summed E-state index contributed by atoms with van der Waals surface area (Å²) in [5.41, 5.74) is 5.63. The predicted molar refractivity (Wildman–Crippen MR) is 180 cm³/mol. The Morgan fingerprint density at radius 2 is 1.11 bits per heavy atom. The molecule has 10 heteroatoms. The van der Waals surface area contributed by atoms with Crippen molar-refractivity contribution in [3.63, 3.8) is 0 Å². The van der Waals surface area contributed by atoms with Gasteiger partial charge in [-0.05, 0) is 81.0 Å². The van der Waals surface area contributed by atoms with Crippen molar-refractivity contribution in [2.24, 2.45) is 59.0 Å². The normalized spacial score (nSPS) is 39.2. The second-order valence-electron chi connectivity index (χ2n) is 14.8. The average molecular weight is 629 g/mol. The lowest BCUT2D eigenvalue weighted by Gasteiger charge is -2.35. The Bertz CT molecular complexity index is 1070. The number of hydrogen-bond acceptors (Lipinski definition) is 8. The number of carbonyl (C=O) groups is 2. The maximum absolute atomic E-state index is 11.9. The number of carbonyl (C=O) groups excluding carboxylic acids is 2. The van der Waals surface area contributed by atoms with E-state index in [-0.39, 0.29) is 24.3 Å². The highest BCUT2D eigenvalue weighted by molar-refractivity contribution is 5.68. The van der Waals surface area contributed by atoms with E-state index in [2.05, 4.69) is 83.8 Å². The van der Waals surface area contributed by atoms with Gasteiger partial charge in [-0.15, -0.1) is 0 Å². The molecule has 254 valence electrons. The van der Waals surface area contributed by atoms with Crippen LogP contribution in [0.4, 0.5) is 9.59 Å². The van der Waals surface area contributed by atoms with E-state index in [4.69, 9.17) is 15.2 Å². The van der Waals surface area contributed by atoms with Gasteiger partial charge in [0.2, 0.25) is 0 Å². The van der Waals surface area contributed by atoms with Crippen molar-refractivity contribution in [1.82, 2.24) is 26.6 Å². The number of alkyl carbamates (subject to hydrolysis) is 2. The molecule has 3 heterocycles. The Morgan fingerprint density at radius 3 is 1.58 bits per heavy atom. The third kappa shape index (κ3) is 9.56. The smallest absolute Gasteiger partial charge is 0.407 e. The van der Waals surface area contributed by atoms with Gasteiger partial charge >= 0.3 is 12.2 Å². The highest BCUT2D eigenvalue weighted by atomic mass is 16.6. The molecule has 3 saturated heterocycles. The number of fused-ring (bicyclic) bond motifs is 3. The van der Waals surface area contributed by atoms with E-state index in [1.54, 1.807) is 0 Å². The summed E-state index contributed by atoms with van der Waals surface area (Å²) in [6.07, 6.45) is 13.0. The van der Waals surface area contributed by atoms with E-state index in [1.807, 2.05) is 27.7 Å². The van der Waals surface area contributed by atoms with Crippen LogP contribution in [0.2, 0.25) is 0 Å². The Kier molecular flexibility index (Phi) is 12.6. The molecule has 0 spiro atoms. The van der Waals surface area contributed by atoms with Gasteiger partial charge in [-0.1, -0.05) is 57.2 Å². The van der Waals surface area contributed by atoms with Gasteiger partial charge in [-0.3, -0.25) is 0 Å². The SMILES string of the molecule is CC1C=CC2CNCC2C1N.CC1C=CC2CNCC2C1NC(=O)OC(C)(C)C.CCOC(=O)NC1C(C)C=CC2CNCC21. The van der Waals surface area contributed by atoms with Crippen LogP contribution in [0.3, 0.4) is 0 Å². The fraction of sp³-hybridized carbons (Fsp3) is 0.771. The summed E-state index contributed by atoms with van der Waals surface area (Å²) in [6.45, 7) is 20.6. The van der Waals surface area contributed by atoms with Crippen LogP contribution in [0.15, 0.2) is 36.5 Å². The first kappa shape index (κ1) is 35.5. The van der Waals surface area contributed by atoms with Crippen LogP contribution in [0.5, 0.6) is 0 Å². The largest absolute Gasteiger partial charge is 0.450 e. The van der Waals surface area contributed by atoms with E-state index in [9.17, 15) is 9.59 Å². The van der Waals surface area contributed by atoms with Crippen LogP contribution in [0.1, 0.15) is 48.5 Å². The van der Waals surface area contributed by atoms with Crippen molar-refractivity contribution in [1.29, 1.82) is 0 Å². The van der Waals surface area contributed by atoms with Crippen LogP contribution in [0.25, 0.3) is 0 Å². The van der Waals surface area contributed by atoms with Crippen molar-refractivity contribution >= 4 is 12.2 Å². The minimum atomic E-state index is -0.439. The third-order valence-electron chi connectivity index (χ3n) is 10.3. The lowest BCUT2D eigenvalue weighted by molar-refractivity contribution is 0.0464. The van der Waals surface area contributed by atoms with Gasteiger partial charge in [0.1, 0.15) is 5.60 Å². The lowest BCUT2D eigenvalue weighted by Crippen LogP contribution is -2.49. The van der Waals surface area contributed by atoms with Crippen LogP contribution in [-0.4, -0.2) is 81.8 Å². The zero-order valence-electron chi connectivity index (χ0n) is 28.6. The van der Waals surface area contributed by atoms with Gasteiger partial charge in [-0.25, -0.2) is 9.59 Å². The summed E-state index contributed by atoms with van der Waals surface area (Å²) in [4.78, 5) is 23.4. The second-order valence-corrected chi connectivity index (χ2v) is 14.8. The summed E-state index contributed by atoms with van der Waals surface area (Å²) in [6, 6.07) is 0.744. The van der Waals surface area contributed by atoms with Gasteiger partial charge in [0, 0.05) is 57.4 Å². The van der Waals surface area contributed by atoms with E-state index < -0.39 is 5.60 Å². The van der Waals surface area contributed by atoms with Crippen LogP contribution in [0, 0.1) is 53.3 Å². The number of nitrogens with two attached hydrogens (primary N) is 1. The van der Waals surface area contributed by atoms with Gasteiger partial charge < -0.3 is 41.8 Å². The van der Waals surface area contributed by atoms with E-state index in [0.717, 1.165) is 39.3 Å². The highest BCUT2D eigenvalue weighted by Gasteiger charge is 2.40. The molecule has 7 N–H and O–H groups in total. The minimum Gasteiger partial charge on any atom is -0.450 e. The molecule has 0 saturated carbocycles. The molecular formula is C35H60N6O4. The fourth-order valence-corrected chi connectivity index (χ4v) is 7.72. The first-order valence-corrected chi connectivity index (χ1v) is 17.2. The first-order chi connectivity index (χ1) is 21.4. The number of hydrogen-bond donors (Lipinski definition) is 6. The molecule has 45 heavy (non-hydrogen) atoms. The van der Waals surface area contributed by atoms with Crippen LogP contribution >= 0.6 is 0 Å². The molecule has 0 aromatic carbocycles. The molecule has 2 amide bonds. The Labute approximate surface area is 271 Å². The lowest BCUT2D eigenvalue weighted by atomic mass is 9.77. The Morgan fingerprint density at radius 1 is 0.689 bits per heavy atom. The molecule has 3 aliphatic carbocycles. The Hall–Kier alpha value is -2.40. The molecule has 12 unspecified atom stereocenters. The molecule has 3 aliphatic heterocycles. The van der Waals surface area contributed by atoms with Crippen LogP contribution in [-0.2, 0) is 9.47 Å². The van der Waals surface area contributed by atoms with Crippen molar-refractivity contribution in [2.75, 3.05) is 45.9 Å². The number of rotatable bonds is 3. The third-order valence-corrected chi connectivity index (χ3v) is 10.3. The maximum Gasteiger partial charge on any atom is 0.407 e. The summed E-state index contributed by atoms with van der Waals surface area (Å²) >= 11 is 0. The van der Waals surface area contributed by atoms with E-state index >= 15 is 0 Å². The topological polar surface area (TPSA) is 139 Å². The van der Waals surface area contributed by atoms with Gasteiger partial charge in [0.25, 0.3) is 0 Å². The molecule has 0 radical (unpaired) electrons. The standard InChI is InChI=1S/C14H24N2O2.C12H20N2O2.C9H16N2/c1-9-5-6-10-7-15-8-11(10)12(9)16-13(17)18-14(2,3)4;1-3-16-12(15)14-11-8(2)4-5-9-6-13-7-10(9)11;1-6-2-3-7-4-11-5-8(7)9(6)10/h5-6,9-12,15H,7-8H2,1-4H3,(H,16,17);4-5,8-11,13H,3,6-7H2,1-2H3,(H,14,15);2-3,6-9,11H,4-5,10H2,1H3. The molecule has 6 aliphatic rings. The fourth-order valence-electron chi connectivity index (χ4n) is 7.72. The second kappa shape index (κ2) is 15.9. The average Bonchev–Trinajstić information content (AvgIpc) is 3.75. The summed E-state index contributed by atoms with van der Waals surface area (Å²) < 4.78 is 10.3. The molecule has 10 nitrogen and oxygen atoms in total. The summed E-state index contributed by atoms with van der Waals surface area (Å²) in [5.74, 6) is 4.79. The molecule has 0 bridgehead atoms. The number of ether oxygens (including phenoxy) is 2. The minimum absolute atomic E-state index is 0.171. The molecule has 0 aromatic rings. The van der Waals surface area contributed by atoms with Gasteiger partial charge in [0.15, 0.2) is 0 Å². The molecule has 3 fully saturated rings. The Balaban J connectivity index is 0.000000158. The van der Waals surface area contributed by atoms with Crippen molar-refractivity contribution < 1.29 is 19.1 Å². The highest BCUT2D eigenvalue weighted by Crippen LogP contribution is 2.33. The van der Waals surface area contributed by atoms with Crippen molar-refractivity contribution in [3.8, 4) is 0 Å². The molecule has 12 atom stereocenters. The number of nitrogens with one attached hydrogen (secondary N) is 5. The number of amides is 2. The quantitative estimate of drug-likeness (QED) is 0.262. The monoisotopic (exact) mass is 628 g/mol. The molecule has 0 aromatic heterocycles. The van der Waals surface area contributed by atoms with E-state index in [0.29, 0.717) is 65.9 Å². The van der Waals surface area contributed by atoms with Crippen molar-refractivity contribution in [2.45, 2.75) is 72.2 Å². The summed E-state index contributed by atoms with van der Waals surface area (Å²) in [7, 11) is 0. The zero-order valence-corrected chi connectivity index (χ0v) is 28.6. The molecular weight excluding hydrogens is 568 g/mol. The maximum atomic E-state index is 11.9. The first-order valence-electron chi connectivity index (χ1n) is 17.2. The predicted octanol–water partition coefficient (Wildman–Crippen LogP) is 3.42. The van der Waals surface area contributed by atoms with Crippen molar-refractivity contribution in [3.05, 3.63) is 36.5 Å². The van der Waals surface area contributed by atoms with E-state index in [1.165, 1.54) is 0 Å². The van der Waals surface area contributed by atoms with Gasteiger partial charge in [-0.2, -0.15) is 0 Å². The zero-order chi connectivity index (χ0) is 32.7. The summed E-state index contributed by atoms with van der Waals surface area (Å²) in [5, 5.41) is 16.2. The molecule has 6 rings (SSSR count). The van der Waals surface area contributed by atoms with Crippen LogP contribution < -0.4 is 32.3 Å². The van der Waals surface area contributed by atoms with Gasteiger partial charge in [0.05, 0.1) is 6.61 Å².